The number of nitrogen functional groups attached to an aromatic ring is 1. The number of aromatic amines is 1. The highest BCUT2D eigenvalue weighted by atomic mass is 31.2. The largest absolute Gasteiger partial charge is 0.469 e. The van der Waals surface area contributed by atoms with Crippen LogP contribution in [0.15, 0.2) is 47.3 Å². The molecule has 2 aromatic heterocycles. The zero-order valence-corrected chi connectivity index (χ0v) is 20.1. The normalized spacial score (nSPS) is 20.8. The molecule has 3 atom stereocenters. The summed E-state index contributed by atoms with van der Waals surface area (Å²) in [4.78, 5) is 41.7. The number of ether oxygens (including phenoxy) is 1. The SMILES string of the molecule is Nc1nc2c(nc(Nc3ccc4c(c3)Cc3ccccc3-4)n2C2CC(O)C(COP(=O)(O)O)O2)c(=O)[nH]1. The van der Waals surface area contributed by atoms with E-state index in [2.05, 4.69) is 36.9 Å². The lowest BCUT2D eigenvalue weighted by molar-refractivity contribution is -0.0417. The van der Waals surface area contributed by atoms with Gasteiger partial charge in [-0.25, -0.2) is 9.55 Å². The average molecular weight is 526 g/mol. The van der Waals surface area contributed by atoms with E-state index in [9.17, 15) is 14.5 Å². The second kappa shape index (κ2) is 8.77. The molecular weight excluding hydrogens is 503 g/mol. The van der Waals surface area contributed by atoms with Crippen LogP contribution >= 0.6 is 7.82 Å². The molecular formula is C23H23N6O7P. The second-order valence-corrected chi connectivity index (χ2v) is 10.2. The van der Waals surface area contributed by atoms with Gasteiger partial charge in [0.15, 0.2) is 11.2 Å². The number of aromatic nitrogens is 4. The predicted octanol–water partition coefficient (Wildman–Crippen LogP) is 1.77. The Morgan fingerprint density at radius 2 is 1.97 bits per heavy atom. The quantitative estimate of drug-likeness (QED) is 0.176. The van der Waals surface area contributed by atoms with Crippen LogP contribution in [0.4, 0.5) is 17.6 Å². The first-order valence-electron chi connectivity index (χ1n) is 11.5. The molecule has 1 aliphatic carbocycles. The predicted molar refractivity (Wildman–Crippen MR) is 133 cm³/mol. The van der Waals surface area contributed by atoms with Gasteiger partial charge in [-0.15, -0.1) is 0 Å². The Balaban J connectivity index is 1.36. The van der Waals surface area contributed by atoms with E-state index < -0.39 is 38.4 Å². The van der Waals surface area contributed by atoms with E-state index in [0.29, 0.717) is 5.69 Å². The minimum Gasteiger partial charge on any atom is -0.390 e. The van der Waals surface area contributed by atoms with E-state index in [-0.39, 0.29) is 29.5 Å². The number of benzene rings is 2. The number of aliphatic hydroxyl groups excluding tert-OH is 1. The molecule has 7 N–H and O–H groups in total. The topological polar surface area (TPSA) is 198 Å². The summed E-state index contributed by atoms with van der Waals surface area (Å²) < 4.78 is 23.0. The Bertz CT molecular complexity index is 1630. The maximum absolute atomic E-state index is 12.6. The second-order valence-electron chi connectivity index (χ2n) is 8.98. The number of nitrogens with two attached hydrogens (primary N) is 1. The van der Waals surface area contributed by atoms with E-state index in [1.54, 1.807) is 0 Å². The van der Waals surface area contributed by atoms with Crippen LogP contribution in [0, 0.1) is 0 Å². The molecule has 37 heavy (non-hydrogen) atoms. The lowest BCUT2D eigenvalue weighted by atomic mass is 10.1. The van der Waals surface area contributed by atoms with E-state index in [4.69, 9.17) is 20.3 Å². The molecule has 1 saturated heterocycles. The van der Waals surface area contributed by atoms with Crippen molar-refractivity contribution in [2.45, 2.75) is 31.3 Å². The van der Waals surface area contributed by atoms with Gasteiger partial charge in [0.1, 0.15) is 12.3 Å². The van der Waals surface area contributed by atoms with Crippen molar-refractivity contribution >= 4 is 36.6 Å². The maximum Gasteiger partial charge on any atom is 0.469 e. The van der Waals surface area contributed by atoms with Crippen LogP contribution in [0.5, 0.6) is 0 Å². The molecule has 13 nitrogen and oxygen atoms in total. The summed E-state index contributed by atoms with van der Waals surface area (Å²) >= 11 is 0. The van der Waals surface area contributed by atoms with E-state index in [1.807, 2.05) is 30.3 Å². The van der Waals surface area contributed by atoms with Crippen LogP contribution in [-0.4, -0.2) is 53.2 Å². The summed E-state index contributed by atoms with van der Waals surface area (Å²) in [7, 11) is -4.76. The van der Waals surface area contributed by atoms with Crippen LogP contribution in [0.1, 0.15) is 23.8 Å². The molecule has 0 spiro atoms. The van der Waals surface area contributed by atoms with Crippen LogP contribution in [0.3, 0.4) is 0 Å². The van der Waals surface area contributed by atoms with Crippen LogP contribution in [0.2, 0.25) is 0 Å². The van der Waals surface area contributed by atoms with Crippen LogP contribution in [-0.2, 0) is 20.2 Å². The van der Waals surface area contributed by atoms with Gasteiger partial charge in [0.2, 0.25) is 11.9 Å². The lowest BCUT2D eigenvalue weighted by Crippen LogP contribution is -2.26. The van der Waals surface area contributed by atoms with Gasteiger partial charge >= 0.3 is 7.82 Å². The Morgan fingerprint density at radius 3 is 2.78 bits per heavy atom. The highest BCUT2D eigenvalue weighted by Gasteiger charge is 2.39. The van der Waals surface area contributed by atoms with Crippen LogP contribution in [0.25, 0.3) is 22.3 Å². The number of hydrogen-bond donors (Lipinski definition) is 6. The molecule has 3 unspecified atom stereocenters. The average Bonchev–Trinajstić information content (AvgIpc) is 3.49. The number of imidazole rings is 1. The summed E-state index contributed by atoms with van der Waals surface area (Å²) in [5.74, 6) is 0.100. The number of nitrogens with zero attached hydrogens (tertiary/aromatic N) is 3. The molecule has 4 aromatic rings. The number of phosphoric ester groups is 1. The smallest absolute Gasteiger partial charge is 0.390 e. The molecule has 2 aromatic carbocycles. The van der Waals surface area contributed by atoms with E-state index in [1.165, 1.54) is 15.7 Å². The summed E-state index contributed by atoms with van der Waals surface area (Å²) in [6.45, 7) is -0.529. The Hall–Kier alpha value is -3.58. The Kier molecular flexibility index (Phi) is 5.64. The molecule has 3 heterocycles. The molecule has 0 saturated carbocycles. The van der Waals surface area contributed by atoms with Gasteiger partial charge in [-0.05, 0) is 40.8 Å². The van der Waals surface area contributed by atoms with E-state index >= 15 is 0 Å². The summed E-state index contributed by atoms with van der Waals surface area (Å²) in [5.41, 5.74) is 10.8. The number of fused-ring (bicyclic) bond motifs is 4. The van der Waals surface area contributed by atoms with E-state index in [0.717, 1.165) is 17.5 Å². The number of aliphatic hydroxyl groups is 1. The van der Waals surface area contributed by atoms with Gasteiger partial charge in [-0.1, -0.05) is 30.3 Å². The third-order valence-electron chi connectivity index (χ3n) is 6.52. The van der Waals surface area contributed by atoms with Crippen molar-refractivity contribution in [1.29, 1.82) is 0 Å². The first-order valence-corrected chi connectivity index (χ1v) is 13.0. The number of rotatable bonds is 6. The summed E-state index contributed by atoms with van der Waals surface area (Å²) in [6, 6.07) is 14.1. The highest BCUT2D eigenvalue weighted by Crippen LogP contribution is 2.41. The molecule has 6 rings (SSSR count). The first-order chi connectivity index (χ1) is 17.7. The Labute approximate surface area is 209 Å². The minimum absolute atomic E-state index is 0.0123. The summed E-state index contributed by atoms with van der Waals surface area (Å²) in [5, 5.41) is 13.7. The molecule has 0 radical (unpaired) electrons. The van der Waals surface area contributed by atoms with Crippen molar-refractivity contribution in [3.05, 3.63) is 63.9 Å². The van der Waals surface area contributed by atoms with Crippen LogP contribution < -0.4 is 16.6 Å². The van der Waals surface area contributed by atoms with Gasteiger partial charge in [-0.3, -0.25) is 18.9 Å². The fourth-order valence-corrected chi connectivity index (χ4v) is 5.25. The number of anilines is 3. The fraction of sp³-hybridized carbons (Fsp3) is 0.261. The number of hydrogen-bond acceptors (Lipinski definition) is 9. The number of phosphoric acid groups is 1. The van der Waals surface area contributed by atoms with Gasteiger partial charge in [0.25, 0.3) is 5.56 Å². The molecule has 1 fully saturated rings. The van der Waals surface area contributed by atoms with Crippen molar-refractivity contribution < 1.29 is 28.7 Å². The lowest BCUT2D eigenvalue weighted by Gasteiger charge is -2.18. The Morgan fingerprint density at radius 1 is 1.19 bits per heavy atom. The molecule has 14 heteroatoms. The highest BCUT2D eigenvalue weighted by molar-refractivity contribution is 7.46. The molecule has 0 amide bonds. The van der Waals surface area contributed by atoms with Crippen molar-refractivity contribution in [2.24, 2.45) is 0 Å². The molecule has 1 aliphatic heterocycles. The monoisotopic (exact) mass is 526 g/mol. The summed E-state index contributed by atoms with van der Waals surface area (Å²) in [6.07, 6.45) is -2.18. The van der Waals surface area contributed by atoms with Crippen molar-refractivity contribution in [3.8, 4) is 11.1 Å². The van der Waals surface area contributed by atoms with Crippen molar-refractivity contribution in [1.82, 2.24) is 19.5 Å². The zero-order chi connectivity index (χ0) is 25.9. The van der Waals surface area contributed by atoms with Crippen molar-refractivity contribution in [2.75, 3.05) is 17.7 Å². The molecule has 0 bridgehead atoms. The first kappa shape index (κ1) is 23.8. The zero-order valence-electron chi connectivity index (χ0n) is 19.2. The minimum atomic E-state index is -4.76. The molecule has 192 valence electrons. The molecule has 2 aliphatic rings. The fourth-order valence-electron chi connectivity index (χ4n) is 4.91. The van der Waals surface area contributed by atoms with Gasteiger partial charge in [0.05, 0.1) is 12.7 Å². The third-order valence-corrected chi connectivity index (χ3v) is 7.00. The maximum atomic E-state index is 12.6. The van der Waals surface area contributed by atoms with Gasteiger partial charge in [-0.2, -0.15) is 4.98 Å². The third kappa shape index (κ3) is 4.42. The number of H-pyrrole nitrogens is 1. The standard InChI is InChI=1S/C23H23N6O7P/c24-22-27-20-19(21(31)28-22)26-23(29(20)18-9-16(30)17(36-18)10-35-37(32,33)34)25-13-5-6-15-12(8-13)7-11-3-1-2-4-14(11)15/h1-6,8,16-18,30H,7,9-10H2,(H,25,26)(H2,32,33,34)(H3,24,27,28,31). The van der Waals surface area contributed by atoms with Gasteiger partial charge < -0.3 is 30.7 Å². The van der Waals surface area contributed by atoms with Crippen molar-refractivity contribution in [3.63, 3.8) is 0 Å². The van der Waals surface area contributed by atoms with Gasteiger partial charge in [0, 0.05) is 12.1 Å². The number of nitrogens with one attached hydrogen (secondary N) is 2.